The van der Waals surface area contributed by atoms with Crippen molar-refractivity contribution >= 4 is 5.65 Å². The van der Waals surface area contributed by atoms with E-state index in [1.54, 1.807) is 6.92 Å². The minimum absolute atomic E-state index is 0.472. The SMILES string of the molecule is CCc1cccc(C)c1COc1cc(-c2nc(C)no2)cn2c(C)c(C)nc12. The van der Waals surface area contributed by atoms with Crippen LogP contribution in [0.1, 0.15) is 40.8 Å². The van der Waals surface area contributed by atoms with Crippen molar-refractivity contribution in [3.63, 3.8) is 0 Å². The highest BCUT2D eigenvalue weighted by molar-refractivity contribution is 5.65. The number of fused-ring (bicyclic) bond motifs is 1. The smallest absolute Gasteiger partial charge is 0.259 e. The molecule has 28 heavy (non-hydrogen) atoms. The first-order chi connectivity index (χ1) is 13.5. The standard InChI is InChI=1S/C22H24N4O2/c1-6-17-9-7-8-13(2)19(17)12-27-20-10-18(22-24-16(5)25-28-22)11-26-15(4)14(3)23-21(20)26/h7-11H,6,12H2,1-5H3. The molecule has 0 amide bonds. The molecule has 0 unspecified atom stereocenters. The Kier molecular flexibility index (Phi) is 4.63. The third-order valence-corrected chi connectivity index (χ3v) is 5.20. The lowest BCUT2D eigenvalue weighted by Crippen LogP contribution is -2.04. The van der Waals surface area contributed by atoms with Crippen LogP contribution in [0.4, 0.5) is 0 Å². The molecule has 0 aliphatic heterocycles. The maximum absolute atomic E-state index is 6.29. The molecule has 0 spiro atoms. The summed E-state index contributed by atoms with van der Waals surface area (Å²) in [7, 11) is 0. The predicted octanol–water partition coefficient (Wildman–Crippen LogP) is 4.76. The first-order valence-electron chi connectivity index (χ1n) is 9.48. The zero-order chi connectivity index (χ0) is 19.8. The van der Waals surface area contributed by atoms with Crippen LogP contribution in [-0.4, -0.2) is 19.5 Å². The lowest BCUT2D eigenvalue weighted by molar-refractivity contribution is 0.306. The van der Waals surface area contributed by atoms with Gasteiger partial charge in [0.1, 0.15) is 6.61 Å². The Morgan fingerprint density at radius 2 is 1.93 bits per heavy atom. The number of hydrogen-bond donors (Lipinski definition) is 0. The molecule has 1 aromatic carbocycles. The quantitative estimate of drug-likeness (QED) is 0.502. The van der Waals surface area contributed by atoms with Gasteiger partial charge in [-0.05, 0) is 56.9 Å². The van der Waals surface area contributed by atoms with Crippen LogP contribution in [0.3, 0.4) is 0 Å². The van der Waals surface area contributed by atoms with Gasteiger partial charge >= 0.3 is 0 Å². The van der Waals surface area contributed by atoms with E-state index in [4.69, 9.17) is 14.2 Å². The third kappa shape index (κ3) is 3.15. The Bertz CT molecular complexity index is 1160. The largest absolute Gasteiger partial charge is 0.485 e. The molecule has 6 heteroatoms. The van der Waals surface area contributed by atoms with Crippen molar-refractivity contribution in [2.45, 2.75) is 47.6 Å². The second kappa shape index (κ2) is 7.11. The van der Waals surface area contributed by atoms with Gasteiger partial charge in [0.25, 0.3) is 5.89 Å². The molecule has 0 atom stereocenters. The Labute approximate surface area is 164 Å². The van der Waals surface area contributed by atoms with Crippen molar-refractivity contribution in [3.8, 4) is 17.2 Å². The number of aromatic nitrogens is 4. The molecule has 6 nitrogen and oxygen atoms in total. The third-order valence-electron chi connectivity index (χ3n) is 5.20. The van der Waals surface area contributed by atoms with Gasteiger partial charge in [0.2, 0.25) is 0 Å². The van der Waals surface area contributed by atoms with Gasteiger partial charge in [0.15, 0.2) is 17.2 Å². The normalized spacial score (nSPS) is 11.3. The molecule has 0 N–H and O–H groups in total. The van der Waals surface area contributed by atoms with Crippen LogP contribution in [0, 0.1) is 27.7 Å². The molecule has 0 bridgehead atoms. The highest BCUT2D eigenvalue weighted by atomic mass is 16.5. The average molecular weight is 376 g/mol. The molecular weight excluding hydrogens is 352 g/mol. The molecule has 4 rings (SSSR count). The first-order valence-corrected chi connectivity index (χ1v) is 9.48. The van der Waals surface area contributed by atoms with Gasteiger partial charge in [0.05, 0.1) is 11.3 Å². The second-order valence-electron chi connectivity index (χ2n) is 7.07. The summed E-state index contributed by atoms with van der Waals surface area (Å²) in [5.74, 6) is 1.78. The van der Waals surface area contributed by atoms with Gasteiger partial charge in [0, 0.05) is 11.9 Å². The van der Waals surface area contributed by atoms with E-state index in [9.17, 15) is 0 Å². The summed E-state index contributed by atoms with van der Waals surface area (Å²) in [4.78, 5) is 9.06. The number of hydrogen-bond acceptors (Lipinski definition) is 5. The molecule has 3 aromatic heterocycles. The molecular formula is C22H24N4O2. The van der Waals surface area contributed by atoms with E-state index in [2.05, 4.69) is 42.2 Å². The van der Waals surface area contributed by atoms with Gasteiger partial charge in [-0.2, -0.15) is 4.98 Å². The number of aryl methyl sites for hydroxylation is 5. The van der Waals surface area contributed by atoms with Crippen LogP contribution >= 0.6 is 0 Å². The van der Waals surface area contributed by atoms with E-state index in [0.29, 0.717) is 24.1 Å². The maximum Gasteiger partial charge on any atom is 0.259 e. The zero-order valence-corrected chi connectivity index (χ0v) is 16.9. The molecule has 0 saturated heterocycles. The minimum Gasteiger partial charge on any atom is -0.485 e. The molecule has 3 heterocycles. The van der Waals surface area contributed by atoms with Crippen LogP contribution in [0.2, 0.25) is 0 Å². The Balaban J connectivity index is 1.79. The summed E-state index contributed by atoms with van der Waals surface area (Å²) in [5, 5.41) is 3.91. The zero-order valence-electron chi connectivity index (χ0n) is 16.9. The molecule has 0 aliphatic rings. The number of benzene rings is 1. The Hall–Kier alpha value is -3.15. The van der Waals surface area contributed by atoms with Crippen molar-refractivity contribution in [1.29, 1.82) is 0 Å². The van der Waals surface area contributed by atoms with Gasteiger partial charge in [-0.15, -0.1) is 0 Å². The summed E-state index contributed by atoms with van der Waals surface area (Å²) >= 11 is 0. The number of pyridine rings is 1. The van der Waals surface area contributed by atoms with Crippen molar-refractivity contribution in [3.05, 3.63) is 64.4 Å². The summed E-state index contributed by atoms with van der Waals surface area (Å²) in [5.41, 5.74) is 7.38. The average Bonchev–Trinajstić information content (AvgIpc) is 3.24. The summed E-state index contributed by atoms with van der Waals surface area (Å²) < 4.78 is 13.7. The van der Waals surface area contributed by atoms with Gasteiger partial charge < -0.3 is 13.7 Å². The fraction of sp³-hybridized carbons (Fsp3) is 0.318. The van der Waals surface area contributed by atoms with E-state index in [-0.39, 0.29) is 0 Å². The summed E-state index contributed by atoms with van der Waals surface area (Å²) in [6.07, 6.45) is 2.94. The number of rotatable bonds is 5. The molecule has 0 aliphatic carbocycles. The fourth-order valence-corrected chi connectivity index (χ4v) is 3.43. The molecule has 0 saturated carbocycles. The first kappa shape index (κ1) is 18.2. The van der Waals surface area contributed by atoms with E-state index in [0.717, 1.165) is 29.0 Å². The van der Waals surface area contributed by atoms with Gasteiger partial charge in [-0.25, -0.2) is 4.98 Å². The van der Waals surface area contributed by atoms with E-state index in [1.165, 1.54) is 16.7 Å². The topological polar surface area (TPSA) is 65.5 Å². The van der Waals surface area contributed by atoms with Crippen molar-refractivity contribution < 1.29 is 9.26 Å². The van der Waals surface area contributed by atoms with Crippen LogP contribution < -0.4 is 4.74 Å². The highest BCUT2D eigenvalue weighted by Crippen LogP contribution is 2.30. The van der Waals surface area contributed by atoms with Crippen molar-refractivity contribution in [1.82, 2.24) is 19.5 Å². The molecule has 144 valence electrons. The lowest BCUT2D eigenvalue weighted by Gasteiger charge is -2.14. The van der Waals surface area contributed by atoms with Crippen molar-refractivity contribution in [2.75, 3.05) is 0 Å². The number of imidazole rings is 1. The second-order valence-corrected chi connectivity index (χ2v) is 7.07. The Morgan fingerprint density at radius 3 is 2.64 bits per heavy atom. The molecule has 4 aromatic rings. The van der Waals surface area contributed by atoms with E-state index in [1.807, 2.05) is 30.5 Å². The fourth-order valence-electron chi connectivity index (χ4n) is 3.43. The number of nitrogens with zero attached hydrogens (tertiary/aromatic N) is 4. The van der Waals surface area contributed by atoms with Gasteiger partial charge in [-0.1, -0.05) is 30.3 Å². The monoisotopic (exact) mass is 376 g/mol. The van der Waals surface area contributed by atoms with E-state index >= 15 is 0 Å². The number of ether oxygens (including phenoxy) is 1. The van der Waals surface area contributed by atoms with Crippen LogP contribution in [0.25, 0.3) is 17.1 Å². The minimum atomic E-state index is 0.472. The summed E-state index contributed by atoms with van der Waals surface area (Å²) in [6, 6.07) is 8.30. The van der Waals surface area contributed by atoms with Crippen LogP contribution in [0.15, 0.2) is 35.0 Å². The van der Waals surface area contributed by atoms with E-state index < -0.39 is 0 Å². The molecule has 0 fully saturated rings. The summed E-state index contributed by atoms with van der Waals surface area (Å²) in [6.45, 7) is 10.6. The highest BCUT2D eigenvalue weighted by Gasteiger charge is 2.16. The van der Waals surface area contributed by atoms with Gasteiger partial charge in [-0.3, -0.25) is 0 Å². The van der Waals surface area contributed by atoms with Crippen molar-refractivity contribution in [2.24, 2.45) is 0 Å². The predicted molar refractivity (Wildman–Crippen MR) is 108 cm³/mol. The van der Waals surface area contributed by atoms with Crippen LogP contribution in [-0.2, 0) is 13.0 Å². The van der Waals surface area contributed by atoms with Crippen LogP contribution in [0.5, 0.6) is 5.75 Å². The lowest BCUT2D eigenvalue weighted by atomic mass is 10.0. The maximum atomic E-state index is 6.29. The Morgan fingerprint density at radius 1 is 1.11 bits per heavy atom. The molecule has 0 radical (unpaired) electrons.